The van der Waals surface area contributed by atoms with Gasteiger partial charge in [0, 0.05) is 31.7 Å². The molecule has 0 saturated heterocycles. The molecule has 18 heavy (non-hydrogen) atoms. The van der Waals surface area contributed by atoms with Crippen LogP contribution in [0.2, 0.25) is 0 Å². The number of nitrogens with two attached hydrogens (primary N) is 1. The second-order valence-corrected chi connectivity index (χ2v) is 3.88. The van der Waals surface area contributed by atoms with Gasteiger partial charge in [0.1, 0.15) is 5.82 Å². The molecule has 0 aliphatic carbocycles. The summed E-state index contributed by atoms with van der Waals surface area (Å²) in [6.45, 7) is 1.45. The third-order valence-corrected chi connectivity index (χ3v) is 2.49. The van der Waals surface area contributed by atoms with Gasteiger partial charge in [-0.3, -0.25) is 4.79 Å². The number of nitrogens with zero attached hydrogens (tertiary/aromatic N) is 3. The minimum atomic E-state index is -0.131. The highest BCUT2D eigenvalue weighted by Crippen LogP contribution is 2.00. The van der Waals surface area contributed by atoms with Gasteiger partial charge in [0.2, 0.25) is 0 Å². The lowest BCUT2D eigenvalue weighted by Gasteiger charge is -2.05. The molecule has 0 aliphatic heterocycles. The number of aromatic nitrogens is 3. The van der Waals surface area contributed by atoms with Gasteiger partial charge < -0.3 is 15.6 Å². The number of nitrogen functional groups attached to an aromatic ring is 1. The summed E-state index contributed by atoms with van der Waals surface area (Å²) >= 11 is 0. The highest BCUT2D eigenvalue weighted by Gasteiger charge is 2.04. The van der Waals surface area contributed by atoms with Crippen molar-refractivity contribution < 1.29 is 4.79 Å². The summed E-state index contributed by atoms with van der Waals surface area (Å²) in [6.07, 6.45) is 7.71. The Labute approximate surface area is 105 Å². The maximum Gasteiger partial charge on any atom is 0.252 e. The second kappa shape index (κ2) is 5.81. The number of hydrogen-bond donors (Lipinski definition) is 2. The van der Waals surface area contributed by atoms with Crippen molar-refractivity contribution in [2.24, 2.45) is 0 Å². The molecular weight excluding hydrogens is 230 g/mol. The molecule has 1 amide bonds. The first-order chi connectivity index (χ1) is 8.75. The summed E-state index contributed by atoms with van der Waals surface area (Å²) in [4.78, 5) is 19.5. The average Bonchev–Trinajstić information content (AvgIpc) is 2.88. The van der Waals surface area contributed by atoms with Gasteiger partial charge in [0.15, 0.2) is 0 Å². The lowest BCUT2D eigenvalue weighted by Crippen LogP contribution is -2.25. The average molecular weight is 245 g/mol. The number of pyridine rings is 1. The van der Waals surface area contributed by atoms with Crippen LogP contribution in [0.15, 0.2) is 37.1 Å². The van der Waals surface area contributed by atoms with Crippen LogP contribution < -0.4 is 11.1 Å². The molecule has 6 nitrogen and oxygen atoms in total. The van der Waals surface area contributed by atoms with Crippen LogP contribution in [-0.2, 0) is 6.54 Å². The second-order valence-electron chi connectivity index (χ2n) is 3.88. The molecule has 94 valence electrons. The summed E-state index contributed by atoms with van der Waals surface area (Å²) in [5.74, 6) is 0.278. The number of amides is 1. The Morgan fingerprint density at radius 3 is 3.00 bits per heavy atom. The Morgan fingerprint density at radius 1 is 1.44 bits per heavy atom. The van der Waals surface area contributed by atoms with Crippen LogP contribution in [0.4, 0.5) is 5.82 Å². The third-order valence-electron chi connectivity index (χ3n) is 2.49. The van der Waals surface area contributed by atoms with E-state index in [-0.39, 0.29) is 5.91 Å². The Hall–Kier alpha value is -2.37. The van der Waals surface area contributed by atoms with Crippen LogP contribution in [0.5, 0.6) is 0 Å². The van der Waals surface area contributed by atoms with Gasteiger partial charge in [-0.2, -0.15) is 0 Å². The smallest absolute Gasteiger partial charge is 0.252 e. The molecule has 0 atom stereocenters. The normalized spacial score (nSPS) is 10.2. The van der Waals surface area contributed by atoms with Crippen molar-refractivity contribution >= 4 is 11.7 Å². The van der Waals surface area contributed by atoms with Crippen molar-refractivity contribution in [3.63, 3.8) is 0 Å². The molecule has 0 aromatic carbocycles. The van der Waals surface area contributed by atoms with Crippen molar-refractivity contribution in [1.82, 2.24) is 19.9 Å². The fourth-order valence-corrected chi connectivity index (χ4v) is 1.52. The van der Waals surface area contributed by atoms with E-state index in [1.807, 2.05) is 10.8 Å². The van der Waals surface area contributed by atoms with E-state index in [9.17, 15) is 4.79 Å². The summed E-state index contributed by atoms with van der Waals surface area (Å²) in [5.41, 5.74) is 5.97. The molecule has 2 heterocycles. The number of rotatable bonds is 5. The Morgan fingerprint density at radius 2 is 2.33 bits per heavy atom. The van der Waals surface area contributed by atoms with Gasteiger partial charge in [-0.05, 0) is 18.6 Å². The predicted molar refractivity (Wildman–Crippen MR) is 67.8 cm³/mol. The van der Waals surface area contributed by atoms with Gasteiger partial charge in [0.25, 0.3) is 5.91 Å². The molecule has 0 fully saturated rings. The van der Waals surface area contributed by atoms with E-state index in [2.05, 4.69) is 15.3 Å². The molecule has 0 bridgehead atoms. The Bertz CT molecular complexity index is 492. The molecule has 2 aromatic heterocycles. The Balaban J connectivity index is 1.73. The van der Waals surface area contributed by atoms with Gasteiger partial charge in [0.05, 0.1) is 11.9 Å². The fourth-order valence-electron chi connectivity index (χ4n) is 1.52. The van der Waals surface area contributed by atoms with Crippen molar-refractivity contribution in [2.45, 2.75) is 13.0 Å². The van der Waals surface area contributed by atoms with E-state index in [1.54, 1.807) is 24.7 Å². The van der Waals surface area contributed by atoms with Crippen molar-refractivity contribution in [1.29, 1.82) is 0 Å². The molecule has 6 heteroatoms. The highest BCUT2D eigenvalue weighted by atomic mass is 16.1. The first kappa shape index (κ1) is 12.1. The van der Waals surface area contributed by atoms with E-state index in [4.69, 9.17) is 5.73 Å². The summed E-state index contributed by atoms with van der Waals surface area (Å²) in [7, 11) is 0. The van der Waals surface area contributed by atoms with Crippen molar-refractivity contribution in [3.05, 3.63) is 42.6 Å². The van der Waals surface area contributed by atoms with Crippen LogP contribution in [-0.4, -0.2) is 27.0 Å². The van der Waals surface area contributed by atoms with Crippen molar-refractivity contribution in [2.75, 3.05) is 12.3 Å². The monoisotopic (exact) mass is 245 g/mol. The van der Waals surface area contributed by atoms with Gasteiger partial charge >= 0.3 is 0 Å². The summed E-state index contributed by atoms with van der Waals surface area (Å²) in [6, 6.07) is 3.27. The van der Waals surface area contributed by atoms with Gasteiger partial charge in [-0.25, -0.2) is 9.97 Å². The van der Waals surface area contributed by atoms with E-state index in [1.165, 1.54) is 6.20 Å². The number of carbonyl (C=O) groups excluding carboxylic acids is 1. The van der Waals surface area contributed by atoms with E-state index < -0.39 is 0 Å². The summed E-state index contributed by atoms with van der Waals surface area (Å²) < 4.78 is 1.97. The molecule has 0 saturated carbocycles. The zero-order chi connectivity index (χ0) is 12.8. The lowest BCUT2D eigenvalue weighted by molar-refractivity contribution is 0.0952. The zero-order valence-electron chi connectivity index (χ0n) is 9.91. The highest BCUT2D eigenvalue weighted by molar-refractivity contribution is 5.93. The molecular formula is C12H15N5O. The number of imidazole rings is 1. The fraction of sp³-hybridized carbons (Fsp3) is 0.250. The lowest BCUT2D eigenvalue weighted by atomic mass is 10.2. The van der Waals surface area contributed by atoms with Gasteiger partial charge in [-0.15, -0.1) is 0 Å². The van der Waals surface area contributed by atoms with Crippen LogP contribution in [0.25, 0.3) is 0 Å². The molecule has 0 spiro atoms. The SMILES string of the molecule is Nc1ccc(C(=O)NCCCn2ccnc2)cn1. The standard InChI is InChI=1S/C12H15N5O/c13-11-3-2-10(8-16-11)12(18)15-4-1-6-17-7-5-14-9-17/h2-3,5,7-9H,1,4,6H2,(H2,13,16)(H,15,18). The number of nitrogens with one attached hydrogen (secondary N) is 1. The number of aryl methyl sites for hydroxylation is 1. The number of carbonyl (C=O) groups is 1. The molecule has 3 N–H and O–H groups in total. The minimum Gasteiger partial charge on any atom is -0.384 e. The van der Waals surface area contributed by atoms with Crippen molar-refractivity contribution in [3.8, 4) is 0 Å². The molecule has 0 unspecified atom stereocenters. The number of hydrogen-bond acceptors (Lipinski definition) is 4. The largest absolute Gasteiger partial charge is 0.384 e. The third kappa shape index (κ3) is 3.31. The molecule has 0 radical (unpaired) electrons. The Kier molecular flexibility index (Phi) is 3.90. The number of anilines is 1. The van der Waals surface area contributed by atoms with Gasteiger partial charge in [-0.1, -0.05) is 0 Å². The maximum absolute atomic E-state index is 11.7. The van der Waals surface area contributed by atoms with E-state index >= 15 is 0 Å². The van der Waals surface area contributed by atoms with E-state index in [0.717, 1.165) is 13.0 Å². The quantitative estimate of drug-likeness (QED) is 0.758. The first-order valence-corrected chi connectivity index (χ1v) is 5.71. The summed E-state index contributed by atoms with van der Waals surface area (Å²) in [5, 5.41) is 2.83. The van der Waals surface area contributed by atoms with Crippen LogP contribution in [0.1, 0.15) is 16.8 Å². The van der Waals surface area contributed by atoms with E-state index in [0.29, 0.717) is 17.9 Å². The zero-order valence-corrected chi connectivity index (χ0v) is 9.91. The van der Waals surface area contributed by atoms with Crippen LogP contribution in [0, 0.1) is 0 Å². The van der Waals surface area contributed by atoms with Crippen LogP contribution in [0.3, 0.4) is 0 Å². The maximum atomic E-state index is 11.7. The molecule has 2 rings (SSSR count). The molecule has 0 aliphatic rings. The predicted octanol–water partition coefficient (Wildman–Crippen LogP) is 0.680. The topological polar surface area (TPSA) is 85.8 Å². The van der Waals surface area contributed by atoms with Crippen LogP contribution >= 0.6 is 0 Å². The minimum absolute atomic E-state index is 0.131. The first-order valence-electron chi connectivity index (χ1n) is 5.71. The molecule has 2 aromatic rings.